The lowest BCUT2D eigenvalue weighted by Crippen LogP contribution is -2.44. The standard InChI is InChI=1S/C14H20ClN3O2/c1-2-18-5-6-19-11(8-18)9-20-10-3-4-12(14(16)17)13(15)7-10/h3-4,7,11H,2,5-6,8-9H2,1H3,(H3,16,17). The summed E-state index contributed by atoms with van der Waals surface area (Å²) >= 11 is 6.05. The van der Waals surface area contributed by atoms with Crippen LogP contribution in [0.5, 0.6) is 5.75 Å². The third-order valence-electron chi connectivity index (χ3n) is 3.34. The topological polar surface area (TPSA) is 71.6 Å². The van der Waals surface area contributed by atoms with Gasteiger partial charge in [-0.2, -0.15) is 0 Å². The van der Waals surface area contributed by atoms with Crippen molar-refractivity contribution in [1.82, 2.24) is 4.90 Å². The summed E-state index contributed by atoms with van der Waals surface area (Å²) in [6.45, 7) is 6.27. The monoisotopic (exact) mass is 297 g/mol. The van der Waals surface area contributed by atoms with Crippen molar-refractivity contribution in [2.24, 2.45) is 5.73 Å². The van der Waals surface area contributed by atoms with Crippen molar-refractivity contribution < 1.29 is 9.47 Å². The maximum absolute atomic E-state index is 7.38. The van der Waals surface area contributed by atoms with Crippen LogP contribution in [0.1, 0.15) is 12.5 Å². The highest BCUT2D eigenvalue weighted by Crippen LogP contribution is 2.22. The lowest BCUT2D eigenvalue weighted by atomic mass is 10.2. The molecule has 6 heteroatoms. The van der Waals surface area contributed by atoms with Gasteiger partial charge in [0, 0.05) is 18.7 Å². The Hall–Kier alpha value is -1.30. The summed E-state index contributed by atoms with van der Waals surface area (Å²) in [4.78, 5) is 2.34. The summed E-state index contributed by atoms with van der Waals surface area (Å²) in [5.41, 5.74) is 5.94. The van der Waals surface area contributed by atoms with Crippen LogP contribution in [0.2, 0.25) is 5.02 Å². The minimum absolute atomic E-state index is 0.0456. The van der Waals surface area contributed by atoms with E-state index in [4.69, 9.17) is 32.2 Å². The minimum Gasteiger partial charge on any atom is -0.491 e. The van der Waals surface area contributed by atoms with Gasteiger partial charge in [-0.25, -0.2) is 0 Å². The van der Waals surface area contributed by atoms with Crippen molar-refractivity contribution in [2.75, 3.05) is 32.8 Å². The first-order chi connectivity index (χ1) is 9.60. The van der Waals surface area contributed by atoms with Crippen LogP contribution in [0.4, 0.5) is 0 Å². The lowest BCUT2D eigenvalue weighted by molar-refractivity contribution is -0.0464. The van der Waals surface area contributed by atoms with Crippen molar-refractivity contribution in [2.45, 2.75) is 13.0 Å². The molecule has 1 unspecified atom stereocenters. The van der Waals surface area contributed by atoms with Crippen LogP contribution in [0.15, 0.2) is 18.2 Å². The molecule has 0 amide bonds. The van der Waals surface area contributed by atoms with Gasteiger partial charge in [0.2, 0.25) is 0 Å². The van der Waals surface area contributed by atoms with E-state index in [0.29, 0.717) is 22.9 Å². The predicted octanol–water partition coefficient (Wildman–Crippen LogP) is 1.72. The van der Waals surface area contributed by atoms with Crippen LogP contribution in [0.25, 0.3) is 0 Å². The van der Waals surface area contributed by atoms with Crippen molar-refractivity contribution in [1.29, 1.82) is 5.41 Å². The van der Waals surface area contributed by atoms with E-state index in [1.54, 1.807) is 18.2 Å². The molecule has 0 radical (unpaired) electrons. The maximum atomic E-state index is 7.38. The second-order valence-corrected chi connectivity index (χ2v) is 5.16. The average Bonchev–Trinajstić information content (AvgIpc) is 2.45. The third kappa shape index (κ3) is 3.85. The van der Waals surface area contributed by atoms with Gasteiger partial charge < -0.3 is 15.2 Å². The Bertz CT molecular complexity index is 481. The average molecular weight is 298 g/mol. The number of amidine groups is 1. The number of ether oxygens (including phenoxy) is 2. The van der Waals surface area contributed by atoms with Gasteiger partial charge in [0.15, 0.2) is 0 Å². The summed E-state index contributed by atoms with van der Waals surface area (Å²) in [7, 11) is 0. The molecule has 1 heterocycles. The SMILES string of the molecule is CCN1CCOC(COc2ccc(C(=N)N)c(Cl)c2)C1. The van der Waals surface area contributed by atoms with E-state index in [-0.39, 0.29) is 11.9 Å². The van der Waals surface area contributed by atoms with Gasteiger partial charge in [-0.1, -0.05) is 18.5 Å². The quantitative estimate of drug-likeness (QED) is 0.641. The molecule has 5 nitrogen and oxygen atoms in total. The summed E-state index contributed by atoms with van der Waals surface area (Å²) < 4.78 is 11.4. The van der Waals surface area contributed by atoms with E-state index in [1.165, 1.54) is 0 Å². The second kappa shape index (κ2) is 6.92. The number of rotatable bonds is 5. The molecule has 110 valence electrons. The molecule has 1 fully saturated rings. The first-order valence-corrected chi connectivity index (χ1v) is 7.08. The molecule has 3 N–H and O–H groups in total. The number of hydrogen-bond acceptors (Lipinski definition) is 4. The normalized spacial score (nSPS) is 19.8. The van der Waals surface area contributed by atoms with E-state index in [0.717, 1.165) is 26.2 Å². The number of nitrogens with one attached hydrogen (secondary N) is 1. The van der Waals surface area contributed by atoms with Crippen molar-refractivity contribution >= 4 is 17.4 Å². The molecule has 1 saturated heterocycles. The predicted molar refractivity (Wildman–Crippen MR) is 79.8 cm³/mol. The highest BCUT2D eigenvalue weighted by atomic mass is 35.5. The minimum atomic E-state index is -0.0456. The summed E-state index contributed by atoms with van der Waals surface area (Å²) in [6, 6.07) is 5.14. The van der Waals surface area contributed by atoms with Crippen molar-refractivity contribution in [3.8, 4) is 5.75 Å². The van der Waals surface area contributed by atoms with Crippen LogP contribution in [0, 0.1) is 5.41 Å². The summed E-state index contributed by atoms with van der Waals surface area (Å²) in [5.74, 6) is 0.618. The number of hydrogen-bond donors (Lipinski definition) is 2. The molecular weight excluding hydrogens is 278 g/mol. The van der Waals surface area contributed by atoms with E-state index in [9.17, 15) is 0 Å². The van der Waals surface area contributed by atoms with Crippen LogP contribution in [-0.2, 0) is 4.74 Å². The Kier molecular flexibility index (Phi) is 5.23. The molecular formula is C14H20ClN3O2. The largest absolute Gasteiger partial charge is 0.491 e. The zero-order valence-corrected chi connectivity index (χ0v) is 12.3. The Labute approximate surface area is 124 Å². The van der Waals surface area contributed by atoms with E-state index in [2.05, 4.69) is 11.8 Å². The van der Waals surface area contributed by atoms with Crippen LogP contribution < -0.4 is 10.5 Å². The van der Waals surface area contributed by atoms with Gasteiger partial charge in [0.05, 0.1) is 11.6 Å². The van der Waals surface area contributed by atoms with Crippen molar-refractivity contribution in [3.05, 3.63) is 28.8 Å². The molecule has 0 saturated carbocycles. The van der Waals surface area contributed by atoms with Gasteiger partial charge in [0.25, 0.3) is 0 Å². The molecule has 0 aromatic heterocycles. The number of nitrogens with two attached hydrogens (primary N) is 1. The second-order valence-electron chi connectivity index (χ2n) is 4.75. The van der Waals surface area contributed by atoms with Gasteiger partial charge in [0.1, 0.15) is 24.3 Å². The molecule has 1 aliphatic rings. The van der Waals surface area contributed by atoms with Gasteiger partial charge in [-0.15, -0.1) is 0 Å². The Morgan fingerprint density at radius 1 is 1.60 bits per heavy atom. The summed E-state index contributed by atoms with van der Waals surface area (Å²) in [6.07, 6.45) is 0.0787. The number of nitrogen functional groups attached to an aromatic ring is 1. The van der Waals surface area contributed by atoms with E-state index >= 15 is 0 Å². The zero-order chi connectivity index (χ0) is 14.5. The highest BCUT2D eigenvalue weighted by Gasteiger charge is 2.19. The molecule has 1 aromatic rings. The van der Waals surface area contributed by atoms with Gasteiger partial charge in [-0.05, 0) is 24.7 Å². The zero-order valence-electron chi connectivity index (χ0n) is 11.6. The van der Waals surface area contributed by atoms with E-state index < -0.39 is 0 Å². The Morgan fingerprint density at radius 3 is 3.05 bits per heavy atom. The molecule has 1 aliphatic heterocycles. The molecule has 0 aliphatic carbocycles. The molecule has 0 bridgehead atoms. The van der Waals surface area contributed by atoms with Gasteiger partial charge in [-0.3, -0.25) is 10.3 Å². The molecule has 1 atom stereocenters. The van der Waals surface area contributed by atoms with Gasteiger partial charge >= 0.3 is 0 Å². The molecule has 1 aromatic carbocycles. The fourth-order valence-corrected chi connectivity index (χ4v) is 2.43. The number of benzene rings is 1. The summed E-state index contributed by atoms with van der Waals surface area (Å²) in [5, 5.41) is 7.81. The van der Waals surface area contributed by atoms with Crippen molar-refractivity contribution in [3.63, 3.8) is 0 Å². The fraction of sp³-hybridized carbons (Fsp3) is 0.500. The first kappa shape index (κ1) is 15.1. The fourth-order valence-electron chi connectivity index (χ4n) is 2.16. The van der Waals surface area contributed by atoms with Crippen LogP contribution >= 0.6 is 11.6 Å². The Balaban J connectivity index is 1.91. The molecule has 20 heavy (non-hydrogen) atoms. The number of nitrogens with zero attached hydrogens (tertiary/aromatic N) is 1. The third-order valence-corrected chi connectivity index (χ3v) is 3.65. The highest BCUT2D eigenvalue weighted by molar-refractivity contribution is 6.34. The Morgan fingerprint density at radius 2 is 2.40 bits per heavy atom. The van der Waals surface area contributed by atoms with Crippen LogP contribution in [-0.4, -0.2) is 49.7 Å². The number of morpholine rings is 1. The maximum Gasteiger partial charge on any atom is 0.124 e. The first-order valence-electron chi connectivity index (χ1n) is 6.71. The number of halogens is 1. The number of likely N-dealkylation sites (N-methyl/N-ethyl adjacent to an activating group) is 1. The molecule has 2 rings (SSSR count). The van der Waals surface area contributed by atoms with E-state index in [1.807, 2.05) is 0 Å². The lowest BCUT2D eigenvalue weighted by Gasteiger charge is -2.31. The van der Waals surface area contributed by atoms with Crippen LogP contribution in [0.3, 0.4) is 0 Å². The smallest absolute Gasteiger partial charge is 0.124 e. The molecule has 0 spiro atoms.